The molecule has 0 heterocycles. The van der Waals surface area contributed by atoms with Crippen molar-refractivity contribution in [2.24, 2.45) is 5.92 Å². The van der Waals surface area contributed by atoms with E-state index in [1.54, 1.807) is 0 Å². The van der Waals surface area contributed by atoms with Crippen molar-refractivity contribution < 1.29 is 0 Å². The maximum absolute atomic E-state index is 3.80. The van der Waals surface area contributed by atoms with Crippen LogP contribution in [0, 0.1) is 5.92 Å². The van der Waals surface area contributed by atoms with E-state index < -0.39 is 0 Å². The molecule has 0 aromatic carbocycles. The first kappa shape index (κ1) is 11.3. The highest BCUT2D eigenvalue weighted by atomic mass is 14.0. The highest BCUT2D eigenvalue weighted by Crippen LogP contribution is 2.05. The van der Waals surface area contributed by atoms with E-state index in [0.29, 0.717) is 0 Å². The highest BCUT2D eigenvalue weighted by molar-refractivity contribution is 4.88. The monoisotopic (exact) mass is 126 g/mol. The number of allylic oxidation sites excluding steroid dienone is 1. The summed E-state index contributed by atoms with van der Waals surface area (Å²) in [5.74, 6) is 0.775. The molecule has 0 fully saturated rings. The Bertz CT molecular complexity index is 70.1. The summed E-state index contributed by atoms with van der Waals surface area (Å²) in [6.07, 6.45) is 1.17. The molecule has 0 bridgehead atoms. The molecular weight excluding hydrogens is 108 g/mol. The fourth-order valence-electron chi connectivity index (χ4n) is 0.697. The summed E-state index contributed by atoms with van der Waals surface area (Å²) in [6, 6.07) is 0. The summed E-state index contributed by atoms with van der Waals surface area (Å²) < 4.78 is 0. The maximum Gasteiger partial charge on any atom is -0.0303 e. The SMILES string of the molecule is C=C.C=C(C)CC(C)C. The summed E-state index contributed by atoms with van der Waals surface area (Å²) >= 11 is 0. The van der Waals surface area contributed by atoms with E-state index >= 15 is 0 Å². The third-order valence-electron chi connectivity index (χ3n) is 0.757. The molecule has 0 aromatic heterocycles. The molecule has 0 spiro atoms. The van der Waals surface area contributed by atoms with E-state index in [1.807, 2.05) is 0 Å². The lowest BCUT2D eigenvalue weighted by atomic mass is 10.1. The van der Waals surface area contributed by atoms with E-state index in [1.165, 1.54) is 12.0 Å². The van der Waals surface area contributed by atoms with Gasteiger partial charge in [0.2, 0.25) is 0 Å². The second kappa shape index (κ2) is 7.48. The second-order valence-electron chi connectivity index (χ2n) is 2.56. The van der Waals surface area contributed by atoms with Gasteiger partial charge in [0.15, 0.2) is 0 Å². The first-order valence-electron chi connectivity index (χ1n) is 3.27. The van der Waals surface area contributed by atoms with Gasteiger partial charge in [-0.15, -0.1) is 19.7 Å². The lowest BCUT2D eigenvalue weighted by molar-refractivity contribution is 0.644. The Balaban J connectivity index is 0. The zero-order valence-electron chi connectivity index (χ0n) is 6.91. The Hall–Kier alpha value is -0.520. The molecule has 0 heteroatoms. The van der Waals surface area contributed by atoms with Crippen molar-refractivity contribution in [1.82, 2.24) is 0 Å². The molecule has 0 aliphatic rings. The molecule has 0 N–H and O–H groups in total. The highest BCUT2D eigenvalue weighted by Gasteiger charge is 1.90. The van der Waals surface area contributed by atoms with Crippen LogP contribution in [0.15, 0.2) is 25.3 Å². The molecule has 0 nitrogen and oxygen atoms in total. The van der Waals surface area contributed by atoms with Gasteiger partial charge in [-0.1, -0.05) is 19.4 Å². The van der Waals surface area contributed by atoms with Crippen molar-refractivity contribution in [2.75, 3.05) is 0 Å². The van der Waals surface area contributed by atoms with Gasteiger partial charge in [-0.3, -0.25) is 0 Å². The minimum Gasteiger partial charge on any atom is -0.106 e. The van der Waals surface area contributed by atoms with Gasteiger partial charge in [0, 0.05) is 0 Å². The van der Waals surface area contributed by atoms with E-state index in [-0.39, 0.29) is 0 Å². The fraction of sp³-hybridized carbons (Fsp3) is 0.556. The zero-order chi connectivity index (χ0) is 7.86. The third-order valence-corrected chi connectivity index (χ3v) is 0.757. The van der Waals surface area contributed by atoms with Gasteiger partial charge in [0.25, 0.3) is 0 Å². The third kappa shape index (κ3) is 18.5. The Morgan fingerprint density at radius 1 is 1.33 bits per heavy atom. The van der Waals surface area contributed by atoms with Crippen LogP contribution in [0.2, 0.25) is 0 Å². The molecule has 0 aliphatic carbocycles. The normalized spacial score (nSPS) is 8.00. The van der Waals surface area contributed by atoms with Crippen LogP contribution in [-0.4, -0.2) is 0 Å². The van der Waals surface area contributed by atoms with Gasteiger partial charge >= 0.3 is 0 Å². The Labute approximate surface area is 59.3 Å². The van der Waals surface area contributed by atoms with Crippen molar-refractivity contribution in [3.8, 4) is 0 Å². The Morgan fingerprint density at radius 3 is 1.67 bits per heavy atom. The quantitative estimate of drug-likeness (QED) is 0.497. The van der Waals surface area contributed by atoms with Gasteiger partial charge in [0.1, 0.15) is 0 Å². The summed E-state index contributed by atoms with van der Waals surface area (Å²) in [7, 11) is 0. The van der Waals surface area contributed by atoms with Crippen LogP contribution in [0.5, 0.6) is 0 Å². The van der Waals surface area contributed by atoms with Gasteiger partial charge in [0.05, 0.1) is 0 Å². The lowest BCUT2D eigenvalue weighted by Crippen LogP contribution is -1.84. The summed E-state index contributed by atoms with van der Waals surface area (Å²) in [4.78, 5) is 0. The number of hydrogen-bond donors (Lipinski definition) is 0. The van der Waals surface area contributed by atoms with Gasteiger partial charge < -0.3 is 0 Å². The predicted octanol–water partition coefficient (Wildman–Crippen LogP) is 3.41. The first-order valence-corrected chi connectivity index (χ1v) is 3.27. The minimum absolute atomic E-state index is 0.775. The van der Waals surface area contributed by atoms with Gasteiger partial charge in [-0.2, -0.15) is 0 Å². The van der Waals surface area contributed by atoms with Crippen LogP contribution in [0.4, 0.5) is 0 Å². The number of rotatable bonds is 2. The number of hydrogen-bond acceptors (Lipinski definition) is 0. The molecule has 0 unspecified atom stereocenters. The minimum atomic E-state index is 0.775. The predicted molar refractivity (Wildman–Crippen MR) is 45.5 cm³/mol. The summed E-state index contributed by atoms with van der Waals surface area (Å²) in [5.41, 5.74) is 1.29. The van der Waals surface area contributed by atoms with Crippen LogP contribution < -0.4 is 0 Å². The van der Waals surface area contributed by atoms with Crippen molar-refractivity contribution >= 4 is 0 Å². The van der Waals surface area contributed by atoms with E-state index in [2.05, 4.69) is 40.5 Å². The topological polar surface area (TPSA) is 0 Å². The van der Waals surface area contributed by atoms with E-state index in [4.69, 9.17) is 0 Å². The van der Waals surface area contributed by atoms with E-state index in [0.717, 1.165) is 5.92 Å². The smallest absolute Gasteiger partial charge is 0.0303 e. The second-order valence-corrected chi connectivity index (χ2v) is 2.56. The van der Waals surface area contributed by atoms with E-state index in [9.17, 15) is 0 Å². The molecule has 0 aromatic rings. The Kier molecular flexibility index (Phi) is 9.39. The van der Waals surface area contributed by atoms with Crippen LogP contribution in [-0.2, 0) is 0 Å². The molecule has 9 heavy (non-hydrogen) atoms. The zero-order valence-corrected chi connectivity index (χ0v) is 6.91. The van der Waals surface area contributed by atoms with Crippen molar-refractivity contribution in [2.45, 2.75) is 27.2 Å². The fourth-order valence-corrected chi connectivity index (χ4v) is 0.697. The molecule has 0 atom stereocenters. The molecule has 0 aliphatic heterocycles. The maximum atomic E-state index is 3.80. The first-order chi connectivity index (χ1) is 4.13. The van der Waals surface area contributed by atoms with Gasteiger partial charge in [-0.05, 0) is 19.3 Å². The van der Waals surface area contributed by atoms with Crippen molar-refractivity contribution in [3.63, 3.8) is 0 Å². The summed E-state index contributed by atoms with van der Waals surface area (Å²) in [5, 5.41) is 0. The average molecular weight is 126 g/mol. The van der Waals surface area contributed by atoms with Crippen molar-refractivity contribution in [1.29, 1.82) is 0 Å². The standard InChI is InChI=1S/C7H14.C2H4/c1-6(2)5-7(3)4;1-2/h7H,1,5H2,2-4H3;1-2H2. The van der Waals surface area contributed by atoms with Gasteiger partial charge in [-0.25, -0.2) is 0 Å². The van der Waals surface area contributed by atoms with Crippen LogP contribution >= 0.6 is 0 Å². The molecule has 0 rings (SSSR count). The van der Waals surface area contributed by atoms with Crippen LogP contribution in [0.1, 0.15) is 27.2 Å². The van der Waals surface area contributed by atoms with Crippen LogP contribution in [0.3, 0.4) is 0 Å². The summed E-state index contributed by atoms with van der Waals surface area (Å²) in [6.45, 7) is 16.3. The van der Waals surface area contributed by atoms with Crippen LogP contribution in [0.25, 0.3) is 0 Å². The molecule has 0 saturated carbocycles. The lowest BCUT2D eigenvalue weighted by Gasteiger charge is -1.99. The molecule has 0 saturated heterocycles. The Morgan fingerprint density at radius 2 is 1.67 bits per heavy atom. The molecule has 54 valence electrons. The average Bonchev–Trinajstić information content (AvgIpc) is 1.68. The van der Waals surface area contributed by atoms with Crippen molar-refractivity contribution in [3.05, 3.63) is 25.3 Å². The molecule has 0 amide bonds. The molecule has 0 radical (unpaired) electrons. The largest absolute Gasteiger partial charge is 0.106 e. The molecular formula is C9H18.